The minimum atomic E-state index is 0. The van der Waals surface area contributed by atoms with Gasteiger partial charge in [-0.3, -0.25) is 4.99 Å². The zero-order valence-corrected chi connectivity index (χ0v) is 11.1. The topological polar surface area (TPSA) is 15.6 Å². The van der Waals surface area contributed by atoms with Crippen molar-refractivity contribution in [3.05, 3.63) is 0 Å². The van der Waals surface area contributed by atoms with E-state index in [4.69, 9.17) is 0 Å². The second-order valence-electron chi connectivity index (χ2n) is 2.77. The first-order valence-corrected chi connectivity index (χ1v) is 5.40. The maximum absolute atomic E-state index is 4.39. The molecule has 0 aliphatic carbocycles. The SMILES string of the molecule is C.CC.CC.CC1=NC(C)C(C)N1C.[B]. The molecule has 0 saturated carbocycles. The van der Waals surface area contributed by atoms with E-state index >= 15 is 0 Å². The van der Waals surface area contributed by atoms with Crippen LogP contribution in [0.1, 0.15) is 55.9 Å². The minimum absolute atomic E-state index is 0. The highest BCUT2D eigenvalue weighted by Gasteiger charge is 2.23. The van der Waals surface area contributed by atoms with Crippen LogP contribution in [0, 0.1) is 0 Å². The van der Waals surface area contributed by atoms with E-state index < -0.39 is 0 Å². The molecule has 1 rings (SSSR count). The quantitative estimate of drug-likeness (QED) is 0.563. The van der Waals surface area contributed by atoms with Crippen LogP contribution in [0.3, 0.4) is 0 Å². The Morgan fingerprint density at radius 3 is 1.47 bits per heavy atom. The number of aliphatic imine (C=N–C) groups is 1. The van der Waals surface area contributed by atoms with E-state index in [9.17, 15) is 0 Å². The summed E-state index contributed by atoms with van der Waals surface area (Å²) in [6, 6.07) is 1.07. The molecule has 91 valence electrons. The zero-order valence-electron chi connectivity index (χ0n) is 11.1. The molecule has 3 heteroatoms. The Hall–Kier alpha value is -0.465. The molecule has 2 atom stereocenters. The molecule has 0 N–H and O–H groups in total. The Bertz CT molecular complexity index is 147. The van der Waals surface area contributed by atoms with E-state index in [1.165, 1.54) is 0 Å². The van der Waals surface area contributed by atoms with Crippen molar-refractivity contribution in [3.63, 3.8) is 0 Å². The van der Waals surface area contributed by atoms with Crippen molar-refractivity contribution in [1.82, 2.24) is 4.90 Å². The molecule has 1 heterocycles. The van der Waals surface area contributed by atoms with Crippen LogP contribution in [0.4, 0.5) is 0 Å². The fourth-order valence-corrected chi connectivity index (χ4v) is 1.11. The number of likely N-dealkylation sites (N-methyl/N-ethyl adjacent to an activating group) is 1. The number of hydrogen-bond acceptors (Lipinski definition) is 2. The largest absolute Gasteiger partial charge is 0.359 e. The maximum Gasteiger partial charge on any atom is 0.0962 e. The van der Waals surface area contributed by atoms with Crippen LogP contribution in [-0.2, 0) is 0 Å². The van der Waals surface area contributed by atoms with Crippen molar-refractivity contribution >= 4 is 14.2 Å². The Balaban J connectivity index is -0.0000000910. The standard InChI is InChI=1S/C7H14N2.2C2H6.CH4.B/c1-5-6(2)9(4)7(3)8-5;2*1-2;;/h5-6H,1-4H3;2*1-2H3;1H4;. The van der Waals surface area contributed by atoms with Gasteiger partial charge in [0.25, 0.3) is 0 Å². The van der Waals surface area contributed by atoms with E-state index in [1.807, 2.05) is 27.7 Å². The van der Waals surface area contributed by atoms with Crippen LogP contribution in [-0.4, -0.2) is 38.3 Å². The highest BCUT2D eigenvalue weighted by atomic mass is 15.3. The molecule has 1 aliphatic rings. The lowest BCUT2D eigenvalue weighted by molar-refractivity contribution is 0.386. The first-order valence-electron chi connectivity index (χ1n) is 5.40. The van der Waals surface area contributed by atoms with Crippen molar-refractivity contribution < 1.29 is 0 Å². The monoisotopic (exact) mass is 213 g/mol. The molecular weight excluding hydrogens is 183 g/mol. The van der Waals surface area contributed by atoms with Gasteiger partial charge in [0.15, 0.2) is 0 Å². The predicted octanol–water partition coefficient (Wildman–Crippen LogP) is 3.43. The molecule has 1 aliphatic heterocycles. The molecule has 0 saturated heterocycles. The summed E-state index contributed by atoms with van der Waals surface area (Å²) in [6.45, 7) is 14.4. The van der Waals surface area contributed by atoms with E-state index in [0.29, 0.717) is 12.1 Å². The van der Waals surface area contributed by atoms with E-state index in [1.54, 1.807) is 0 Å². The lowest BCUT2D eigenvalue weighted by Gasteiger charge is -2.19. The average Bonchev–Trinajstić information content (AvgIpc) is 2.40. The average molecular weight is 213 g/mol. The third kappa shape index (κ3) is 7.46. The van der Waals surface area contributed by atoms with Crippen LogP contribution < -0.4 is 0 Å². The molecule has 0 amide bonds. The Kier molecular flexibility index (Phi) is 21.6. The zero-order chi connectivity index (χ0) is 11.0. The van der Waals surface area contributed by atoms with E-state index in [0.717, 1.165) is 5.84 Å². The summed E-state index contributed by atoms with van der Waals surface area (Å²) in [6.07, 6.45) is 0. The van der Waals surface area contributed by atoms with Gasteiger partial charge in [-0.15, -0.1) is 0 Å². The van der Waals surface area contributed by atoms with Gasteiger partial charge in [0.05, 0.1) is 11.9 Å². The molecule has 15 heavy (non-hydrogen) atoms. The maximum atomic E-state index is 4.39. The first kappa shape index (κ1) is 24.0. The summed E-state index contributed by atoms with van der Waals surface area (Å²) >= 11 is 0. The number of amidine groups is 1. The van der Waals surface area contributed by atoms with Crippen molar-refractivity contribution in [2.45, 2.75) is 68.0 Å². The van der Waals surface area contributed by atoms with Crippen LogP contribution in [0.25, 0.3) is 0 Å². The van der Waals surface area contributed by atoms with Crippen LogP contribution in [0.15, 0.2) is 4.99 Å². The summed E-state index contributed by atoms with van der Waals surface area (Å²) in [5.74, 6) is 1.16. The molecule has 0 spiro atoms. The summed E-state index contributed by atoms with van der Waals surface area (Å²) < 4.78 is 0. The molecule has 0 aromatic rings. The van der Waals surface area contributed by atoms with Crippen LogP contribution >= 0.6 is 0 Å². The van der Waals surface area contributed by atoms with Crippen molar-refractivity contribution in [2.24, 2.45) is 4.99 Å². The molecule has 0 bridgehead atoms. The number of rotatable bonds is 0. The lowest BCUT2D eigenvalue weighted by atomic mass is 10.2. The highest BCUT2D eigenvalue weighted by molar-refractivity contribution is 5.81. The fourth-order valence-electron chi connectivity index (χ4n) is 1.11. The van der Waals surface area contributed by atoms with Gasteiger partial charge in [-0.2, -0.15) is 0 Å². The Morgan fingerprint density at radius 2 is 1.40 bits per heavy atom. The van der Waals surface area contributed by atoms with E-state index in [2.05, 4.69) is 37.7 Å². The summed E-state index contributed by atoms with van der Waals surface area (Å²) in [5, 5.41) is 0. The molecule has 3 radical (unpaired) electrons. The van der Waals surface area contributed by atoms with Crippen molar-refractivity contribution in [1.29, 1.82) is 0 Å². The Morgan fingerprint density at radius 1 is 1.07 bits per heavy atom. The minimum Gasteiger partial charge on any atom is -0.359 e. The van der Waals surface area contributed by atoms with Gasteiger partial charge in [0.2, 0.25) is 0 Å². The third-order valence-corrected chi connectivity index (χ3v) is 2.21. The predicted molar refractivity (Wildman–Crippen MR) is 75.0 cm³/mol. The van der Waals surface area contributed by atoms with Crippen molar-refractivity contribution in [2.75, 3.05) is 7.05 Å². The first-order chi connectivity index (χ1) is 6.13. The summed E-state index contributed by atoms with van der Waals surface area (Å²) in [7, 11) is 2.09. The normalized spacial score (nSPS) is 21.9. The Labute approximate surface area is 99.7 Å². The van der Waals surface area contributed by atoms with Gasteiger partial charge in [-0.05, 0) is 20.8 Å². The fraction of sp³-hybridized carbons (Fsp3) is 0.917. The van der Waals surface area contributed by atoms with Gasteiger partial charge < -0.3 is 4.90 Å². The molecule has 0 aromatic carbocycles. The molecule has 2 unspecified atom stereocenters. The third-order valence-electron chi connectivity index (χ3n) is 2.21. The molecule has 2 nitrogen and oxygen atoms in total. The second-order valence-corrected chi connectivity index (χ2v) is 2.77. The van der Waals surface area contributed by atoms with Gasteiger partial charge in [-0.25, -0.2) is 0 Å². The smallest absolute Gasteiger partial charge is 0.0962 e. The molecular formula is C12H30BN2. The van der Waals surface area contributed by atoms with Crippen molar-refractivity contribution in [3.8, 4) is 0 Å². The van der Waals surface area contributed by atoms with Gasteiger partial charge in [-0.1, -0.05) is 35.1 Å². The van der Waals surface area contributed by atoms with Crippen LogP contribution in [0.2, 0.25) is 0 Å². The number of nitrogens with zero attached hydrogens (tertiary/aromatic N) is 2. The highest BCUT2D eigenvalue weighted by Crippen LogP contribution is 2.13. The van der Waals surface area contributed by atoms with E-state index in [-0.39, 0.29) is 15.8 Å². The second kappa shape index (κ2) is 13.5. The number of hydrogen-bond donors (Lipinski definition) is 0. The lowest BCUT2D eigenvalue weighted by Crippen LogP contribution is -2.31. The van der Waals surface area contributed by atoms with Gasteiger partial charge >= 0.3 is 0 Å². The van der Waals surface area contributed by atoms with Crippen LogP contribution in [0.5, 0.6) is 0 Å². The van der Waals surface area contributed by atoms with Gasteiger partial charge in [0, 0.05) is 21.5 Å². The summed E-state index contributed by atoms with van der Waals surface area (Å²) in [5.41, 5.74) is 0. The summed E-state index contributed by atoms with van der Waals surface area (Å²) in [4.78, 5) is 6.61. The molecule has 0 aromatic heterocycles. The van der Waals surface area contributed by atoms with Gasteiger partial charge in [0.1, 0.15) is 0 Å². The molecule has 0 fully saturated rings.